The fourth-order valence-corrected chi connectivity index (χ4v) is 1.77. The van der Waals surface area contributed by atoms with E-state index < -0.39 is 0 Å². The van der Waals surface area contributed by atoms with E-state index in [-0.39, 0.29) is 12.5 Å². The Labute approximate surface area is 96.2 Å². The normalized spacial score (nSPS) is 10.2. The molecule has 0 radical (unpaired) electrons. The highest BCUT2D eigenvalue weighted by Crippen LogP contribution is 2.15. The molecule has 0 saturated heterocycles. The number of hydrogen-bond acceptors (Lipinski definition) is 3. The number of nitrogens with one attached hydrogen (secondary N) is 2. The summed E-state index contributed by atoms with van der Waals surface area (Å²) in [5.74, 6) is -0.206. The Kier molecular flexibility index (Phi) is 4.46. The molecule has 1 amide bonds. The van der Waals surface area contributed by atoms with E-state index in [0.717, 1.165) is 0 Å². The Morgan fingerprint density at radius 2 is 1.81 bits per heavy atom. The Balaban J connectivity index is 2.64. The third kappa shape index (κ3) is 3.32. The topological polar surface area (TPSA) is 67.1 Å². The Morgan fingerprint density at radius 3 is 2.31 bits per heavy atom. The minimum absolute atomic E-state index is 0.00113. The molecule has 1 aromatic carbocycles. The second kappa shape index (κ2) is 5.63. The van der Waals surface area contributed by atoms with Gasteiger partial charge >= 0.3 is 0 Å². The van der Waals surface area contributed by atoms with Crippen LogP contribution >= 0.6 is 0 Å². The lowest BCUT2D eigenvalue weighted by Crippen LogP contribution is -2.40. The summed E-state index contributed by atoms with van der Waals surface area (Å²) in [4.78, 5) is 10.9. The highest BCUT2D eigenvalue weighted by atomic mass is 16.2. The summed E-state index contributed by atoms with van der Waals surface area (Å²) >= 11 is 0. The molecule has 0 atom stereocenters. The van der Waals surface area contributed by atoms with Crippen LogP contribution in [0.4, 0.5) is 0 Å². The molecular weight excluding hydrogens is 202 g/mol. The molecule has 4 N–H and O–H groups in total. The fraction of sp³-hybridized carbons (Fsp3) is 0.417. The third-order valence-electron chi connectivity index (χ3n) is 2.52. The van der Waals surface area contributed by atoms with Crippen LogP contribution in [0.3, 0.4) is 0 Å². The molecule has 0 aliphatic rings. The molecule has 0 aliphatic heterocycles. The summed E-state index contributed by atoms with van der Waals surface area (Å²) in [5.41, 5.74) is 15.5. The summed E-state index contributed by atoms with van der Waals surface area (Å²) in [6, 6.07) is 4.27. The minimum atomic E-state index is -0.206. The maximum absolute atomic E-state index is 10.9. The molecule has 0 aliphatic carbocycles. The van der Waals surface area contributed by atoms with Crippen LogP contribution in [0.5, 0.6) is 0 Å². The number of hydrogen-bond donors (Lipinski definition) is 3. The molecule has 0 heterocycles. The van der Waals surface area contributed by atoms with Crippen molar-refractivity contribution in [1.29, 1.82) is 0 Å². The van der Waals surface area contributed by atoms with Gasteiger partial charge in [0, 0.05) is 6.54 Å². The Bertz CT molecular complexity index is 365. The zero-order valence-corrected chi connectivity index (χ0v) is 10.1. The molecule has 88 valence electrons. The first-order valence-electron chi connectivity index (χ1n) is 5.33. The minimum Gasteiger partial charge on any atom is -0.322 e. The Morgan fingerprint density at radius 1 is 1.25 bits per heavy atom. The van der Waals surface area contributed by atoms with Gasteiger partial charge in [-0.2, -0.15) is 0 Å². The van der Waals surface area contributed by atoms with Gasteiger partial charge in [0.2, 0.25) is 5.91 Å². The van der Waals surface area contributed by atoms with Crippen LogP contribution < -0.4 is 16.6 Å². The molecule has 1 aromatic rings. The molecule has 0 fully saturated rings. The molecule has 4 nitrogen and oxygen atoms in total. The monoisotopic (exact) mass is 221 g/mol. The van der Waals surface area contributed by atoms with Gasteiger partial charge in [-0.1, -0.05) is 17.7 Å². The predicted molar refractivity (Wildman–Crippen MR) is 64.7 cm³/mol. The molecule has 4 heteroatoms. The average Bonchev–Trinajstić information content (AvgIpc) is 2.21. The van der Waals surface area contributed by atoms with E-state index in [9.17, 15) is 4.79 Å². The molecule has 0 spiro atoms. The molecule has 0 unspecified atom stereocenters. The molecule has 1 rings (SSSR count). The van der Waals surface area contributed by atoms with Gasteiger partial charge in [-0.05, 0) is 37.5 Å². The first kappa shape index (κ1) is 12.7. The lowest BCUT2D eigenvalue weighted by atomic mass is 10.00. The second-order valence-corrected chi connectivity index (χ2v) is 3.98. The number of nitrogens with two attached hydrogens (primary N) is 1. The number of hydrazine groups is 1. The number of carbonyl (C=O) groups is 1. The third-order valence-corrected chi connectivity index (χ3v) is 2.52. The van der Waals surface area contributed by atoms with Gasteiger partial charge in [-0.3, -0.25) is 10.2 Å². The fourth-order valence-electron chi connectivity index (χ4n) is 1.77. The van der Waals surface area contributed by atoms with Gasteiger partial charge < -0.3 is 5.73 Å². The number of benzene rings is 1. The summed E-state index contributed by atoms with van der Waals surface area (Å²) in [6.07, 6.45) is 0. The van der Waals surface area contributed by atoms with Crippen molar-refractivity contribution in [1.82, 2.24) is 10.9 Å². The lowest BCUT2D eigenvalue weighted by molar-refractivity contribution is -0.120. The van der Waals surface area contributed by atoms with Gasteiger partial charge in [-0.15, -0.1) is 0 Å². The molecule has 0 saturated carbocycles. The maximum Gasteiger partial charge on any atom is 0.247 e. The van der Waals surface area contributed by atoms with Crippen LogP contribution in [0, 0.1) is 20.8 Å². The van der Waals surface area contributed by atoms with E-state index in [1.165, 1.54) is 22.3 Å². The largest absolute Gasteiger partial charge is 0.322 e. The van der Waals surface area contributed by atoms with Crippen molar-refractivity contribution in [3.05, 3.63) is 34.4 Å². The van der Waals surface area contributed by atoms with Gasteiger partial charge in [0.1, 0.15) is 0 Å². The maximum atomic E-state index is 10.9. The van der Waals surface area contributed by atoms with Crippen molar-refractivity contribution in [2.24, 2.45) is 5.73 Å². The summed E-state index contributed by atoms with van der Waals surface area (Å²) in [6.45, 7) is 6.83. The second-order valence-electron chi connectivity index (χ2n) is 3.98. The van der Waals surface area contributed by atoms with Crippen molar-refractivity contribution >= 4 is 5.91 Å². The van der Waals surface area contributed by atoms with E-state index in [0.29, 0.717) is 6.54 Å². The standard InChI is InChI=1S/C12H19N3O/c1-8-4-9(2)11(10(3)5-8)7-14-15-12(16)6-13/h4-5,14H,6-7,13H2,1-3H3,(H,15,16). The van der Waals surface area contributed by atoms with E-state index in [1.54, 1.807) is 0 Å². The van der Waals surface area contributed by atoms with Crippen LogP contribution in [0.1, 0.15) is 22.3 Å². The summed E-state index contributed by atoms with van der Waals surface area (Å²) < 4.78 is 0. The quantitative estimate of drug-likeness (QED) is 0.655. The van der Waals surface area contributed by atoms with E-state index >= 15 is 0 Å². The van der Waals surface area contributed by atoms with Gasteiger partial charge in [-0.25, -0.2) is 5.43 Å². The van der Waals surface area contributed by atoms with Crippen molar-refractivity contribution in [3.8, 4) is 0 Å². The van der Waals surface area contributed by atoms with Crippen molar-refractivity contribution in [2.75, 3.05) is 6.54 Å². The van der Waals surface area contributed by atoms with Gasteiger partial charge in [0.05, 0.1) is 6.54 Å². The van der Waals surface area contributed by atoms with Crippen LogP contribution in [0.25, 0.3) is 0 Å². The molecular formula is C12H19N3O. The van der Waals surface area contributed by atoms with Gasteiger partial charge in [0.15, 0.2) is 0 Å². The van der Waals surface area contributed by atoms with Crippen LogP contribution in [-0.4, -0.2) is 12.5 Å². The van der Waals surface area contributed by atoms with Crippen LogP contribution in [-0.2, 0) is 11.3 Å². The van der Waals surface area contributed by atoms with E-state index in [4.69, 9.17) is 5.73 Å². The summed E-state index contributed by atoms with van der Waals surface area (Å²) in [5, 5.41) is 0. The first-order chi connectivity index (χ1) is 7.54. The van der Waals surface area contributed by atoms with E-state index in [2.05, 4.69) is 43.8 Å². The van der Waals surface area contributed by atoms with Crippen molar-refractivity contribution in [2.45, 2.75) is 27.3 Å². The zero-order valence-electron chi connectivity index (χ0n) is 10.1. The number of amides is 1. The number of aryl methyl sites for hydroxylation is 3. The van der Waals surface area contributed by atoms with Crippen molar-refractivity contribution in [3.63, 3.8) is 0 Å². The summed E-state index contributed by atoms with van der Waals surface area (Å²) in [7, 11) is 0. The lowest BCUT2D eigenvalue weighted by Gasteiger charge is -2.12. The highest BCUT2D eigenvalue weighted by molar-refractivity contribution is 5.77. The first-order valence-corrected chi connectivity index (χ1v) is 5.33. The van der Waals surface area contributed by atoms with Crippen LogP contribution in [0.15, 0.2) is 12.1 Å². The Hall–Kier alpha value is -1.39. The van der Waals surface area contributed by atoms with Crippen LogP contribution in [0.2, 0.25) is 0 Å². The van der Waals surface area contributed by atoms with Gasteiger partial charge in [0.25, 0.3) is 0 Å². The molecule has 0 aromatic heterocycles. The molecule has 0 bridgehead atoms. The highest BCUT2D eigenvalue weighted by Gasteiger charge is 2.03. The van der Waals surface area contributed by atoms with E-state index in [1.807, 2.05) is 0 Å². The SMILES string of the molecule is Cc1cc(C)c(CNNC(=O)CN)c(C)c1. The average molecular weight is 221 g/mol. The zero-order chi connectivity index (χ0) is 12.1. The van der Waals surface area contributed by atoms with Crippen molar-refractivity contribution < 1.29 is 4.79 Å². The number of rotatable bonds is 4. The molecule has 16 heavy (non-hydrogen) atoms. The smallest absolute Gasteiger partial charge is 0.247 e. The number of carbonyl (C=O) groups excluding carboxylic acids is 1. The predicted octanol–water partition coefficient (Wildman–Crippen LogP) is 0.691.